The molecule has 4 N–H and O–H groups in total. The lowest BCUT2D eigenvalue weighted by atomic mass is 9.83. The Labute approximate surface area is 79.3 Å². The van der Waals surface area contributed by atoms with E-state index in [-0.39, 0.29) is 5.92 Å². The standard InChI is InChI=1S/C8H15BN2O2/c9-3-1-2-6-4-11-5-8(6,10)7(12)13/h6,11H,1-5,10H2,(H,12,13)/t6-,8+/m1/s1. The molecular weight excluding hydrogens is 167 g/mol. The van der Waals surface area contributed by atoms with E-state index in [9.17, 15) is 4.79 Å². The number of rotatable bonds is 4. The van der Waals surface area contributed by atoms with E-state index >= 15 is 0 Å². The maximum absolute atomic E-state index is 10.9. The Kier molecular flexibility index (Phi) is 3.33. The molecule has 0 spiro atoms. The van der Waals surface area contributed by atoms with Crippen molar-refractivity contribution in [1.82, 2.24) is 5.32 Å². The predicted molar refractivity (Wildman–Crippen MR) is 50.7 cm³/mol. The number of hydrogen-bond acceptors (Lipinski definition) is 3. The van der Waals surface area contributed by atoms with Crippen LogP contribution in [-0.2, 0) is 4.79 Å². The van der Waals surface area contributed by atoms with Crippen molar-refractivity contribution in [2.45, 2.75) is 24.7 Å². The van der Waals surface area contributed by atoms with Gasteiger partial charge in [-0.2, -0.15) is 0 Å². The zero-order valence-electron chi connectivity index (χ0n) is 7.62. The summed E-state index contributed by atoms with van der Waals surface area (Å²) in [5.41, 5.74) is 4.70. The number of aliphatic carboxylic acids is 1. The second-order valence-electron chi connectivity index (χ2n) is 3.60. The highest BCUT2D eigenvalue weighted by Crippen LogP contribution is 2.24. The molecule has 1 aliphatic rings. The van der Waals surface area contributed by atoms with Gasteiger partial charge in [0.05, 0.1) is 7.85 Å². The molecule has 1 aliphatic heterocycles. The molecular formula is C8H15BN2O2. The molecule has 0 aliphatic carbocycles. The van der Waals surface area contributed by atoms with Crippen molar-refractivity contribution in [2.24, 2.45) is 11.7 Å². The fourth-order valence-electron chi connectivity index (χ4n) is 1.75. The SMILES string of the molecule is [B]CCC[C@@H]1CNC[C@@]1(N)C(=O)O. The molecule has 5 heteroatoms. The molecule has 1 fully saturated rings. The first-order valence-corrected chi connectivity index (χ1v) is 4.54. The number of carboxylic acid groups (broad SMARTS) is 1. The van der Waals surface area contributed by atoms with Crippen LogP contribution in [0.3, 0.4) is 0 Å². The van der Waals surface area contributed by atoms with E-state index in [4.69, 9.17) is 18.7 Å². The molecule has 2 radical (unpaired) electrons. The molecule has 72 valence electrons. The molecule has 0 saturated carbocycles. The zero-order chi connectivity index (χ0) is 9.90. The molecule has 0 aromatic rings. The first-order chi connectivity index (χ1) is 6.11. The summed E-state index contributed by atoms with van der Waals surface area (Å²) < 4.78 is 0. The summed E-state index contributed by atoms with van der Waals surface area (Å²) in [5, 5.41) is 12.0. The number of carboxylic acids is 1. The van der Waals surface area contributed by atoms with E-state index < -0.39 is 11.5 Å². The van der Waals surface area contributed by atoms with Crippen LogP contribution in [0.5, 0.6) is 0 Å². The second kappa shape index (κ2) is 4.11. The van der Waals surface area contributed by atoms with Crippen LogP contribution in [-0.4, -0.2) is 37.6 Å². The van der Waals surface area contributed by atoms with E-state index in [1.54, 1.807) is 0 Å². The van der Waals surface area contributed by atoms with Crippen LogP contribution in [0.2, 0.25) is 6.32 Å². The molecule has 0 aromatic carbocycles. The fraction of sp³-hybridized carbons (Fsp3) is 0.875. The average molecular weight is 182 g/mol. The number of nitrogens with one attached hydrogen (secondary N) is 1. The number of nitrogens with two attached hydrogens (primary N) is 1. The second-order valence-corrected chi connectivity index (χ2v) is 3.60. The van der Waals surface area contributed by atoms with Crippen molar-refractivity contribution in [3.05, 3.63) is 0 Å². The maximum Gasteiger partial charge on any atom is 0.325 e. The third kappa shape index (κ3) is 2.03. The van der Waals surface area contributed by atoms with Gasteiger partial charge >= 0.3 is 5.97 Å². The lowest BCUT2D eigenvalue weighted by Crippen LogP contribution is -2.54. The molecule has 2 atom stereocenters. The van der Waals surface area contributed by atoms with E-state index in [1.807, 2.05) is 0 Å². The number of hydrogen-bond donors (Lipinski definition) is 3. The van der Waals surface area contributed by atoms with Crippen LogP contribution >= 0.6 is 0 Å². The monoisotopic (exact) mass is 182 g/mol. The van der Waals surface area contributed by atoms with E-state index in [1.165, 1.54) is 0 Å². The third-order valence-electron chi connectivity index (χ3n) is 2.69. The summed E-state index contributed by atoms with van der Waals surface area (Å²) in [4.78, 5) is 10.9. The molecule has 13 heavy (non-hydrogen) atoms. The highest BCUT2D eigenvalue weighted by atomic mass is 16.4. The van der Waals surface area contributed by atoms with Crippen LogP contribution in [0.15, 0.2) is 0 Å². The minimum atomic E-state index is -1.09. The minimum absolute atomic E-state index is 0.00792. The normalized spacial score (nSPS) is 33.5. The Morgan fingerprint density at radius 3 is 3.00 bits per heavy atom. The smallest absolute Gasteiger partial charge is 0.325 e. The Morgan fingerprint density at radius 2 is 2.46 bits per heavy atom. The average Bonchev–Trinajstić information content (AvgIpc) is 2.45. The van der Waals surface area contributed by atoms with Gasteiger partial charge in [0.15, 0.2) is 0 Å². The first-order valence-electron chi connectivity index (χ1n) is 4.54. The molecule has 1 rings (SSSR count). The molecule has 0 unspecified atom stereocenters. The van der Waals surface area contributed by atoms with Crippen LogP contribution in [0, 0.1) is 5.92 Å². The van der Waals surface area contributed by atoms with Crippen LogP contribution in [0.1, 0.15) is 12.8 Å². The summed E-state index contributed by atoms with van der Waals surface area (Å²) in [6, 6.07) is 0. The fourth-order valence-corrected chi connectivity index (χ4v) is 1.75. The van der Waals surface area contributed by atoms with Gasteiger partial charge in [0.1, 0.15) is 5.54 Å². The molecule has 0 bridgehead atoms. The Bertz CT molecular complexity index is 201. The van der Waals surface area contributed by atoms with Gasteiger partial charge in [-0.3, -0.25) is 4.79 Å². The van der Waals surface area contributed by atoms with Gasteiger partial charge in [0.2, 0.25) is 0 Å². The number of carbonyl (C=O) groups is 1. The van der Waals surface area contributed by atoms with Gasteiger partial charge in [-0.15, -0.1) is 0 Å². The predicted octanol–water partition coefficient (Wildman–Crippen LogP) is -0.645. The molecule has 1 saturated heterocycles. The van der Waals surface area contributed by atoms with E-state index in [2.05, 4.69) is 5.32 Å². The van der Waals surface area contributed by atoms with Gasteiger partial charge in [-0.05, 0) is 6.42 Å². The molecule has 0 amide bonds. The topological polar surface area (TPSA) is 75.3 Å². The van der Waals surface area contributed by atoms with Crippen molar-refractivity contribution in [2.75, 3.05) is 13.1 Å². The van der Waals surface area contributed by atoms with Crippen molar-refractivity contribution in [3.8, 4) is 0 Å². The lowest BCUT2D eigenvalue weighted by Gasteiger charge is -2.25. The minimum Gasteiger partial charge on any atom is -0.480 e. The summed E-state index contributed by atoms with van der Waals surface area (Å²) >= 11 is 0. The zero-order valence-corrected chi connectivity index (χ0v) is 7.62. The quantitative estimate of drug-likeness (QED) is 0.505. The van der Waals surface area contributed by atoms with Crippen LogP contribution in [0.4, 0.5) is 0 Å². The van der Waals surface area contributed by atoms with Crippen molar-refractivity contribution in [1.29, 1.82) is 0 Å². The summed E-state index contributed by atoms with van der Waals surface area (Å²) in [6.07, 6.45) is 2.21. The molecule has 4 nitrogen and oxygen atoms in total. The van der Waals surface area contributed by atoms with Crippen molar-refractivity contribution < 1.29 is 9.90 Å². The third-order valence-corrected chi connectivity index (χ3v) is 2.69. The maximum atomic E-state index is 10.9. The van der Waals surface area contributed by atoms with Crippen molar-refractivity contribution in [3.63, 3.8) is 0 Å². The van der Waals surface area contributed by atoms with Crippen LogP contribution < -0.4 is 11.1 Å². The summed E-state index contributed by atoms with van der Waals surface area (Å²) in [5.74, 6) is -0.909. The van der Waals surface area contributed by atoms with E-state index in [0.717, 1.165) is 12.8 Å². The van der Waals surface area contributed by atoms with Gasteiger partial charge in [-0.1, -0.05) is 12.7 Å². The largest absolute Gasteiger partial charge is 0.480 e. The molecule has 1 heterocycles. The van der Waals surface area contributed by atoms with Crippen LogP contribution in [0.25, 0.3) is 0 Å². The summed E-state index contributed by atoms with van der Waals surface area (Å²) in [6.45, 7) is 1.04. The lowest BCUT2D eigenvalue weighted by molar-refractivity contribution is -0.144. The molecule has 0 aromatic heterocycles. The van der Waals surface area contributed by atoms with Crippen molar-refractivity contribution >= 4 is 13.8 Å². The Hall–Kier alpha value is -0.545. The Morgan fingerprint density at radius 1 is 1.77 bits per heavy atom. The van der Waals surface area contributed by atoms with Gasteiger partial charge in [0.25, 0.3) is 0 Å². The van der Waals surface area contributed by atoms with Gasteiger partial charge < -0.3 is 16.2 Å². The highest BCUT2D eigenvalue weighted by Gasteiger charge is 2.45. The van der Waals surface area contributed by atoms with E-state index in [0.29, 0.717) is 19.4 Å². The first kappa shape index (κ1) is 10.5. The van der Waals surface area contributed by atoms with Gasteiger partial charge in [-0.25, -0.2) is 0 Å². The Balaban J connectivity index is 2.57. The highest BCUT2D eigenvalue weighted by molar-refractivity contribution is 6.08. The van der Waals surface area contributed by atoms with Gasteiger partial charge in [0, 0.05) is 19.0 Å². The summed E-state index contributed by atoms with van der Waals surface area (Å²) in [7, 11) is 5.36.